The number of carboxylic acid groups (broad SMARTS) is 1. The van der Waals surface area contributed by atoms with Gasteiger partial charge in [0.05, 0.1) is 12.5 Å². The van der Waals surface area contributed by atoms with Crippen LogP contribution in [0.5, 0.6) is 0 Å². The molecule has 0 unspecified atom stereocenters. The van der Waals surface area contributed by atoms with Crippen LogP contribution in [-0.4, -0.2) is 52.8 Å². The highest BCUT2D eigenvalue weighted by Gasteiger charge is 2.30. The van der Waals surface area contributed by atoms with Gasteiger partial charge < -0.3 is 10.2 Å². The molecule has 0 saturated carbocycles. The number of aliphatic hydroxyl groups is 1. The minimum absolute atomic E-state index is 0.0236. The van der Waals surface area contributed by atoms with Crippen LogP contribution in [0.2, 0.25) is 0 Å². The Morgan fingerprint density at radius 3 is 2.74 bits per heavy atom. The SMILES string of the molecule is CCCCC[C@H]([C@H](CCO)CC(=O)O)[N+]1=CNCC1. The van der Waals surface area contributed by atoms with Crippen molar-refractivity contribution in [2.24, 2.45) is 5.92 Å². The van der Waals surface area contributed by atoms with Crippen molar-refractivity contribution in [3.05, 3.63) is 0 Å². The van der Waals surface area contributed by atoms with E-state index in [0.29, 0.717) is 6.42 Å². The predicted molar refractivity (Wildman–Crippen MR) is 74.6 cm³/mol. The molecule has 0 saturated heterocycles. The van der Waals surface area contributed by atoms with Crippen molar-refractivity contribution in [1.82, 2.24) is 5.32 Å². The molecule has 0 aliphatic carbocycles. The van der Waals surface area contributed by atoms with Crippen molar-refractivity contribution >= 4 is 12.3 Å². The summed E-state index contributed by atoms with van der Waals surface area (Å²) in [5, 5.41) is 21.4. The number of unbranched alkanes of at least 4 members (excludes halogenated alkanes) is 2. The molecule has 1 aliphatic heterocycles. The van der Waals surface area contributed by atoms with Gasteiger partial charge in [-0.2, -0.15) is 0 Å². The Balaban J connectivity index is 2.68. The van der Waals surface area contributed by atoms with Crippen LogP contribution in [0.3, 0.4) is 0 Å². The summed E-state index contributed by atoms with van der Waals surface area (Å²) in [6.45, 7) is 4.08. The van der Waals surface area contributed by atoms with E-state index >= 15 is 0 Å². The number of hydrogen-bond donors (Lipinski definition) is 3. The standard InChI is InChI=1S/C14H26N2O3/c1-2-3-4-5-13(16-8-7-15-11-16)12(6-9-17)10-14(18)19/h11-13,17H,2-10H2,1H3,(H,18,19)/p+1/t12-,13-/m1/s1. The number of nitrogens with one attached hydrogen (secondary N) is 1. The van der Waals surface area contributed by atoms with Gasteiger partial charge in [-0.05, 0) is 19.3 Å². The van der Waals surface area contributed by atoms with Gasteiger partial charge in [0.1, 0.15) is 13.1 Å². The van der Waals surface area contributed by atoms with Gasteiger partial charge in [-0.1, -0.05) is 19.8 Å². The Bertz CT molecular complexity index is 305. The zero-order valence-electron chi connectivity index (χ0n) is 11.8. The van der Waals surface area contributed by atoms with Crippen LogP contribution in [-0.2, 0) is 4.79 Å². The number of nitrogens with zero attached hydrogens (tertiary/aromatic N) is 1. The fraction of sp³-hybridized carbons (Fsp3) is 0.857. The van der Waals surface area contributed by atoms with Gasteiger partial charge in [-0.3, -0.25) is 14.7 Å². The van der Waals surface area contributed by atoms with Crippen LogP contribution in [0.1, 0.15) is 45.4 Å². The first kappa shape index (κ1) is 16.0. The van der Waals surface area contributed by atoms with E-state index in [4.69, 9.17) is 5.11 Å². The predicted octanol–water partition coefficient (Wildman–Crippen LogP) is 1.05. The van der Waals surface area contributed by atoms with Crippen LogP contribution in [0.15, 0.2) is 0 Å². The van der Waals surface area contributed by atoms with Crippen LogP contribution in [0.25, 0.3) is 0 Å². The second-order valence-electron chi connectivity index (χ2n) is 5.25. The monoisotopic (exact) mass is 271 g/mol. The Morgan fingerprint density at radius 1 is 1.42 bits per heavy atom. The van der Waals surface area contributed by atoms with Crippen molar-refractivity contribution in [1.29, 1.82) is 0 Å². The quantitative estimate of drug-likeness (QED) is 0.410. The molecular formula is C14H27N2O3+. The third-order valence-corrected chi connectivity index (χ3v) is 3.78. The maximum Gasteiger partial charge on any atom is 0.303 e. The smallest absolute Gasteiger partial charge is 0.303 e. The molecule has 0 fully saturated rings. The average Bonchev–Trinajstić information content (AvgIpc) is 2.87. The molecule has 5 heteroatoms. The van der Waals surface area contributed by atoms with E-state index in [1.807, 2.05) is 6.34 Å². The van der Waals surface area contributed by atoms with Crippen LogP contribution >= 0.6 is 0 Å². The molecular weight excluding hydrogens is 244 g/mol. The van der Waals surface area contributed by atoms with Crippen molar-refractivity contribution in [2.75, 3.05) is 19.7 Å². The van der Waals surface area contributed by atoms with Crippen molar-refractivity contribution in [3.63, 3.8) is 0 Å². The number of aliphatic hydroxyl groups excluding tert-OH is 1. The molecule has 0 spiro atoms. The van der Waals surface area contributed by atoms with E-state index in [1.165, 1.54) is 6.42 Å². The fourth-order valence-corrected chi connectivity index (χ4v) is 2.80. The lowest BCUT2D eigenvalue weighted by Gasteiger charge is -2.25. The lowest BCUT2D eigenvalue weighted by Crippen LogP contribution is -2.35. The van der Waals surface area contributed by atoms with Crippen LogP contribution in [0, 0.1) is 5.92 Å². The lowest BCUT2D eigenvalue weighted by molar-refractivity contribution is -0.563. The third kappa shape index (κ3) is 5.59. The van der Waals surface area contributed by atoms with E-state index in [2.05, 4.69) is 16.8 Å². The molecule has 0 aromatic carbocycles. The summed E-state index contributed by atoms with van der Waals surface area (Å²) in [4.78, 5) is 11.0. The first-order chi connectivity index (χ1) is 9.19. The third-order valence-electron chi connectivity index (χ3n) is 3.78. The van der Waals surface area contributed by atoms with Gasteiger partial charge in [0, 0.05) is 12.5 Å². The molecule has 1 rings (SSSR count). The van der Waals surface area contributed by atoms with E-state index in [-0.39, 0.29) is 25.0 Å². The van der Waals surface area contributed by atoms with Gasteiger partial charge >= 0.3 is 5.97 Å². The van der Waals surface area contributed by atoms with Crippen LogP contribution in [0.4, 0.5) is 0 Å². The number of rotatable bonds is 10. The number of carboxylic acids is 1. The van der Waals surface area contributed by atoms with Gasteiger partial charge in [-0.15, -0.1) is 0 Å². The van der Waals surface area contributed by atoms with E-state index in [0.717, 1.165) is 32.4 Å². The molecule has 1 heterocycles. The minimum Gasteiger partial charge on any atom is -0.481 e. The van der Waals surface area contributed by atoms with Crippen molar-refractivity contribution < 1.29 is 19.6 Å². The molecule has 5 nitrogen and oxygen atoms in total. The van der Waals surface area contributed by atoms with E-state index in [9.17, 15) is 9.90 Å². The number of carbonyl (C=O) groups is 1. The highest BCUT2D eigenvalue weighted by Crippen LogP contribution is 2.22. The largest absolute Gasteiger partial charge is 0.481 e. The number of aliphatic carboxylic acids is 1. The Labute approximate surface area is 115 Å². The molecule has 110 valence electrons. The molecule has 0 radical (unpaired) electrons. The zero-order valence-corrected chi connectivity index (χ0v) is 11.8. The first-order valence-corrected chi connectivity index (χ1v) is 7.34. The van der Waals surface area contributed by atoms with Gasteiger partial charge in [0.15, 0.2) is 0 Å². The highest BCUT2D eigenvalue weighted by molar-refractivity contribution is 5.67. The second-order valence-corrected chi connectivity index (χ2v) is 5.25. The number of hydrogen-bond acceptors (Lipinski definition) is 3. The normalized spacial score (nSPS) is 17.7. The first-order valence-electron chi connectivity index (χ1n) is 7.34. The summed E-state index contributed by atoms with van der Waals surface area (Å²) in [5.41, 5.74) is 0. The average molecular weight is 271 g/mol. The molecule has 19 heavy (non-hydrogen) atoms. The molecule has 0 aromatic rings. The molecule has 3 N–H and O–H groups in total. The van der Waals surface area contributed by atoms with Gasteiger partial charge in [0.2, 0.25) is 6.34 Å². The molecule has 0 bridgehead atoms. The molecule has 1 aliphatic rings. The van der Waals surface area contributed by atoms with E-state index < -0.39 is 5.97 Å². The molecule has 0 amide bonds. The molecule has 0 aromatic heterocycles. The molecule has 2 atom stereocenters. The topological polar surface area (TPSA) is 72.6 Å². The van der Waals surface area contributed by atoms with Gasteiger partial charge in [0.25, 0.3) is 0 Å². The van der Waals surface area contributed by atoms with Gasteiger partial charge in [-0.25, -0.2) is 0 Å². The summed E-state index contributed by atoms with van der Waals surface area (Å²) in [6, 6.07) is 0.227. The summed E-state index contributed by atoms with van der Waals surface area (Å²) in [5.74, 6) is -0.749. The summed E-state index contributed by atoms with van der Waals surface area (Å²) < 4.78 is 2.22. The maximum absolute atomic E-state index is 11.0. The van der Waals surface area contributed by atoms with E-state index in [1.54, 1.807) is 0 Å². The Kier molecular flexibility index (Phi) is 7.48. The highest BCUT2D eigenvalue weighted by atomic mass is 16.4. The summed E-state index contributed by atoms with van der Waals surface area (Å²) >= 11 is 0. The minimum atomic E-state index is -0.772. The second kappa shape index (κ2) is 8.91. The Morgan fingerprint density at radius 2 is 2.21 bits per heavy atom. The zero-order chi connectivity index (χ0) is 14.1. The lowest BCUT2D eigenvalue weighted by atomic mass is 9.88. The maximum atomic E-state index is 11.0. The van der Waals surface area contributed by atoms with Crippen LogP contribution < -0.4 is 5.32 Å². The fourth-order valence-electron chi connectivity index (χ4n) is 2.80. The Hall–Kier alpha value is -1.10. The van der Waals surface area contributed by atoms with Crippen molar-refractivity contribution in [2.45, 2.75) is 51.5 Å². The summed E-state index contributed by atoms with van der Waals surface area (Å²) in [6.07, 6.45) is 7.14. The van der Waals surface area contributed by atoms with Crippen molar-refractivity contribution in [3.8, 4) is 0 Å². The summed E-state index contributed by atoms with van der Waals surface area (Å²) in [7, 11) is 0.